The van der Waals surface area contributed by atoms with Crippen LogP contribution in [0.25, 0.3) is 0 Å². The maximum atomic E-state index is 12.9. The molecular formula is C64H109O11P. The number of unbranched alkanes of at least 4 members (excludes halogenated alkanes) is 22. The molecule has 0 aliphatic carbocycles. The highest BCUT2D eigenvalue weighted by Gasteiger charge is 2.28. The summed E-state index contributed by atoms with van der Waals surface area (Å²) in [6, 6.07) is 0. The Morgan fingerprint density at radius 2 is 0.711 bits per heavy atom. The van der Waals surface area contributed by atoms with Gasteiger partial charge in [-0.15, -0.1) is 0 Å². The van der Waals surface area contributed by atoms with E-state index < -0.39 is 57.8 Å². The van der Waals surface area contributed by atoms with Crippen molar-refractivity contribution in [1.29, 1.82) is 0 Å². The van der Waals surface area contributed by atoms with Crippen LogP contribution in [0.1, 0.15) is 252 Å². The zero-order chi connectivity index (χ0) is 55.5. The summed E-state index contributed by atoms with van der Waals surface area (Å²) in [5.74, 6) is -1.51. The summed E-state index contributed by atoms with van der Waals surface area (Å²) in [5, 5.41) is 9.83. The molecular weight excluding hydrogens is 976 g/mol. The van der Waals surface area contributed by atoms with Crippen LogP contribution >= 0.6 is 7.82 Å². The summed E-state index contributed by atoms with van der Waals surface area (Å²) >= 11 is 0. The third kappa shape index (κ3) is 55.2. The van der Waals surface area contributed by atoms with Gasteiger partial charge in [-0.3, -0.25) is 23.4 Å². The van der Waals surface area contributed by atoms with Crippen molar-refractivity contribution in [3.8, 4) is 0 Å². The van der Waals surface area contributed by atoms with Crippen LogP contribution in [0, 0.1) is 0 Å². The van der Waals surface area contributed by atoms with Gasteiger partial charge >= 0.3 is 25.7 Å². The first-order valence-corrected chi connectivity index (χ1v) is 31.6. The van der Waals surface area contributed by atoms with Gasteiger partial charge in [0.1, 0.15) is 12.7 Å². The highest BCUT2D eigenvalue weighted by atomic mass is 31.2. The quantitative estimate of drug-likeness (QED) is 0.0197. The number of rotatable bonds is 55. The predicted octanol–water partition coefficient (Wildman–Crippen LogP) is 18.0. The summed E-state index contributed by atoms with van der Waals surface area (Å²) in [6.07, 6.45) is 67.8. The average molecular weight is 1090 g/mol. The van der Waals surface area contributed by atoms with Crippen molar-refractivity contribution in [2.24, 2.45) is 0 Å². The molecule has 0 bridgehead atoms. The van der Waals surface area contributed by atoms with Gasteiger partial charge < -0.3 is 24.2 Å². The van der Waals surface area contributed by atoms with Crippen LogP contribution in [0.4, 0.5) is 0 Å². The number of carbonyl (C=O) groups excluding carboxylic acids is 3. The fourth-order valence-electron chi connectivity index (χ4n) is 7.89. The summed E-state index contributed by atoms with van der Waals surface area (Å²) in [6.45, 7) is 4.41. The van der Waals surface area contributed by atoms with E-state index in [0.717, 1.165) is 148 Å². The molecule has 0 radical (unpaired) electrons. The zero-order valence-corrected chi connectivity index (χ0v) is 49.1. The Hall–Kier alpha value is -3.60. The van der Waals surface area contributed by atoms with E-state index in [1.165, 1.54) is 44.9 Å². The molecule has 3 unspecified atom stereocenters. The highest BCUT2D eigenvalue weighted by Crippen LogP contribution is 2.43. The Balaban J connectivity index is 4.74. The van der Waals surface area contributed by atoms with Gasteiger partial charge in [-0.1, -0.05) is 214 Å². The van der Waals surface area contributed by atoms with Gasteiger partial charge in [0.2, 0.25) is 0 Å². The molecule has 0 aromatic heterocycles. The Morgan fingerprint density at radius 1 is 0.382 bits per heavy atom. The van der Waals surface area contributed by atoms with Crippen molar-refractivity contribution < 1.29 is 52.2 Å². The molecule has 0 spiro atoms. The zero-order valence-electron chi connectivity index (χ0n) is 48.2. The normalized spacial score (nSPS) is 14.0. The second kappa shape index (κ2) is 57.6. The van der Waals surface area contributed by atoms with Crippen LogP contribution in [0.2, 0.25) is 0 Å². The molecule has 0 aliphatic rings. The first kappa shape index (κ1) is 72.4. The fraction of sp³-hybridized carbons (Fsp3) is 0.703. The van der Waals surface area contributed by atoms with Crippen LogP contribution in [-0.4, -0.2) is 66.5 Å². The van der Waals surface area contributed by atoms with Gasteiger partial charge in [0, 0.05) is 19.3 Å². The summed E-state index contributed by atoms with van der Waals surface area (Å²) < 4.78 is 39.6. The van der Waals surface area contributed by atoms with E-state index in [-0.39, 0.29) is 25.9 Å². The lowest BCUT2D eigenvalue weighted by atomic mass is 10.1. The van der Waals surface area contributed by atoms with Gasteiger partial charge in [0.05, 0.1) is 19.8 Å². The second-order valence-corrected chi connectivity index (χ2v) is 21.2. The largest absolute Gasteiger partial charge is 0.472 e. The summed E-state index contributed by atoms with van der Waals surface area (Å²) in [4.78, 5) is 48.6. The van der Waals surface area contributed by atoms with Gasteiger partial charge in [-0.25, -0.2) is 4.57 Å². The highest BCUT2D eigenvalue weighted by molar-refractivity contribution is 7.47. The summed E-state index contributed by atoms with van der Waals surface area (Å²) in [5.41, 5.74) is 0. The van der Waals surface area contributed by atoms with E-state index in [4.69, 9.17) is 23.3 Å². The molecule has 11 nitrogen and oxygen atoms in total. The van der Waals surface area contributed by atoms with Gasteiger partial charge in [0.15, 0.2) is 6.10 Å². The minimum atomic E-state index is -4.76. The van der Waals surface area contributed by atoms with E-state index in [1.54, 1.807) is 0 Å². The van der Waals surface area contributed by atoms with Gasteiger partial charge in [0.25, 0.3) is 0 Å². The number of carbonyl (C=O) groups is 3. The van der Waals surface area contributed by atoms with E-state index >= 15 is 0 Å². The molecule has 0 aliphatic heterocycles. The minimum absolute atomic E-state index is 0.146. The lowest BCUT2D eigenvalue weighted by Gasteiger charge is -2.21. The van der Waals surface area contributed by atoms with Crippen LogP contribution in [0.15, 0.2) is 97.2 Å². The Labute approximate surface area is 463 Å². The molecule has 0 fully saturated rings. The third-order valence-corrected chi connectivity index (χ3v) is 13.4. The monoisotopic (exact) mass is 1080 g/mol. The molecule has 0 heterocycles. The van der Waals surface area contributed by atoms with Crippen molar-refractivity contribution in [3.63, 3.8) is 0 Å². The first-order valence-electron chi connectivity index (χ1n) is 30.1. The fourth-order valence-corrected chi connectivity index (χ4v) is 8.67. The number of aliphatic hydroxyl groups is 1. The Bertz CT molecular complexity index is 1640. The number of ether oxygens (including phenoxy) is 3. The molecule has 0 aromatic rings. The van der Waals surface area contributed by atoms with Crippen molar-refractivity contribution in [2.75, 3.05) is 26.4 Å². The first-order chi connectivity index (χ1) is 37.2. The van der Waals surface area contributed by atoms with Gasteiger partial charge in [-0.05, 0) is 116 Å². The number of phosphoric acid groups is 1. The maximum Gasteiger partial charge on any atom is 0.472 e. The van der Waals surface area contributed by atoms with Crippen molar-refractivity contribution in [3.05, 3.63) is 97.2 Å². The predicted molar refractivity (Wildman–Crippen MR) is 316 cm³/mol. The van der Waals surface area contributed by atoms with E-state index in [9.17, 15) is 28.9 Å². The third-order valence-electron chi connectivity index (χ3n) is 12.4. The number of allylic oxidation sites excluding steroid dienone is 16. The minimum Gasteiger partial charge on any atom is -0.462 e. The molecule has 0 rings (SSSR count). The van der Waals surface area contributed by atoms with E-state index in [2.05, 4.69) is 118 Å². The molecule has 12 heteroatoms. The van der Waals surface area contributed by atoms with Crippen LogP contribution in [0.5, 0.6) is 0 Å². The van der Waals surface area contributed by atoms with Crippen LogP contribution in [-0.2, 0) is 42.2 Å². The summed E-state index contributed by atoms with van der Waals surface area (Å²) in [7, 11) is -4.76. The van der Waals surface area contributed by atoms with Crippen molar-refractivity contribution in [1.82, 2.24) is 0 Å². The number of esters is 3. The number of phosphoric ester groups is 1. The molecule has 0 amide bonds. The molecule has 0 saturated carbocycles. The van der Waals surface area contributed by atoms with Crippen molar-refractivity contribution in [2.45, 2.75) is 264 Å². The Morgan fingerprint density at radius 3 is 1.11 bits per heavy atom. The lowest BCUT2D eigenvalue weighted by Crippen LogP contribution is -2.30. The van der Waals surface area contributed by atoms with Crippen molar-refractivity contribution >= 4 is 25.7 Å². The number of hydrogen-bond acceptors (Lipinski definition) is 10. The maximum absolute atomic E-state index is 12.9. The molecule has 3 atom stereocenters. The molecule has 0 saturated heterocycles. The molecule has 0 aromatic carbocycles. The van der Waals surface area contributed by atoms with Crippen LogP contribution in [0.3, 0.4) is 0 Å². The SMILES string of the molecule is CC/C=C\C/C=C\C/C=C\CCCCCCCCCC(=O)OC(CO)COP(=O)(O)OCC(COC(=O)CCCCCCC/C=C\C/C=C\CCC)OC(=O)CCCCCCCC/C=C\C/C=C\C/C=C\CCCCC. The number of hydrogen-bond donors (Lipinski definition) is 2. The molecule has 2 N–H and O–H groups in total. The van der Waals surface area contributed by atoms with Gasteiger partial charge in [-0.2, -0.15) is 0 Å². The smallest absolute Gasteiger partial charge is 0.462 e. The standard InChI is InChI=1S/C64H109O11P/c1-4-7-10-13-16-19-22-25-27-29-30-32-34-37-40-43-46-49-52-55-64(68)75-61(57-71-62(66)53-50-47-44-41-38-35-24-21-18-15-12-9-6-3)59-73-76(69,70)72-58-60(56-65)74-63(67)54-51-48-45-42-39-36-33-31-28-26-23-20-17-14-11-8-5-2/h8,11-12,15-17,19-21,24-28,30,32,60-61,65H,4-7,9-10,13-14,18,22-23,29,31,33-59H2,1-3H3,(H,69,70)/b11-8-,15-12-,19-16-,20-17-,24-21-,27-25-,28-26-,32-30-. The molecule has 436 valence electrons. The van der Waals surface area contributed by atoms with E-state index in [0.29, 0.717) is 19.3 Å². The topological polar surface area (TPSA) is 155 Å². The van der Waals surface area contributed by atoms with E-state index in [1.807, 2.05) is 0 Å². The van der Waals surface area contributed by atoms with Crippen LogP contribution < -0.4 is 0 Å². The molecule has 76 heavy (non-hydrogen) atoms. The average Bonchev–Trinajstić information content (AvgIpc) is 3.41. The number of aliphatic hydroxyl groups excluding tert-OH is 1. The lowest BCUT2D eigenvalue weighted by molar-refractivity contribution is -0.161. The second-order valence-electron chi connectivity index (χ2n) is 19.8. The Kier molecular flexibility index (Phi) is 54.8.